The summed E-state index contributed by atoms with van der Waals surface area (Å²) in [5, 5.41) is 11.5. The molecule has 0 aliphatic heterocycles. The molecule has 0 aromatic rings. The number of carbonyl (C=O) groups is 3. The average molecular weight is 453 g/mol. The van der Waals surface area contributed by atoms with Crippen molar-refractivity contribution >= 4 is 29.1 Å². The minimum Gasteiger partial charge on any atom is -0.450 e. The zero-order valence-electron chi connectivity index (χ0n) is 18.2. The first-order chi connectivity index (χ1) is 14.5. The number of aliphatic hydroxyl groups is 1. The Balaban J connectivity index is 1.81. The van der Waals surface area contributed by atoms with E-state index in [2.05, 4.69) is 0 Å². The second-order valence-electron chi connectivity index (χ2n) is 10.0. The fraction of sp³-hybridized carbons (Fsp3) is 0.708. The summed E-state index contributed by atoms with van der Waals surface area (Å²) in [4.78, 5) is 36.1. The predicted octanol–water partition coefficient (Wildman–Crippen LogP) is 3.86. The zero-order chi connectivity index (χ0) is 22.8. The molecule has 0 heterocycles. The number of hydrogen-bond acceptors (Lipinski definition) is 5. The van der Waals surface area contributed by atoms with Crippen molar-refractivity contribution in [2.45, 2.75) is 75.9 Å². The van der Waals surface area contributed by atoms with Crippen molar-refractivity contribution in [1.82, 2.24) is 0 Å². The van der Waals surface area contributed by atoms with Crippen LogP contribution in [0.5, 0.6) is 0 Å². The van der Waals surface area contributed by atoms with E-state index in [1.165, 1.54) is 6.08 Å². The van der Waals surface area contributed by atoms with E-state index in [9.17, 15) is 23.9 Å². The molecular weight excluding hydrogens is 423 g/mol. The van der Waals surface area contributed by atoms with Crippen molar-refractivity contribution in [2.24, 2.45) is 22.7 Å². The summed E-state index contributed by atoms with van der Waals surface area (Å²) in [5.41, 5.74) is -2.30. The lowest BCUT2D eigenvalue weighted by atomic mass is 9.45. The Labute approximate surface area is 187 Å². The number of aliphatic hydroxyl groups excluding tert-OH is 1. The lowest BCUT2D eigenvalue weighted by molar-refractivity contribution is -0.196. The maximum absolute atomic E-state index is 13.7. The Bertz CT molecular complexity index is 898. The Morgan fingerprint density at radius 2 is 2.00 bits per heavy atom. The van der Waals surface area contributed by atoms with Crippen LogP contribution in [0.15, 0.2) is 23.8 Å². The van der Waals surface area contributed by atoms with Gasteiger partial charge in [-0.05, 0) is 56.1 Å². The fourth-order valence-electron chi connectivity index (χ4n) is 7.26. The maximum Gasteiger partial charge on any atom is 0.306 e. The minimum absolute atomic E-state index is 0.0819. The summed E-state index contributed by atoms with van der Waals surface area (Å²) in [6, 6.07) is 0. The molecule has 170 valence electrons. The highest BCUT2D eigenvalue weighted by Crippen LogP contribution is 2.71. The van der Waals surface area contributed by atoms with Crippen LogP contribution in [-0.4, -0.2) is 45.9 Å². The maximum atomic E-state index is 13.7. The molecule has 0 bridgehead atoms. The first-order valence-electron chi connectivity index (χ1n) is 11.1. The van der Waals surface area contributed by atoms with Crippen molar-refractivity contribution in [3.8, 4) is 0 Å². The van der Waals surface area contributed by atoms with Gasteiger partial charge in [0, 0.05) is 17.3 Å². The van der Waals surface area contributed by atoms with Crippen LogP contribution in [0.25, 0.3) is 0 Å². The molecule has 1 N–H and O–H groups in total. The molecule has 4 rings (SSSR count). The molecule has 5 nitrogen and oxygen atoms in total. The van der Waals surface area contributed by atoms with E-state index in [-0.39, 0.29) is 36.9 Å². The molecule has 0 aromatic carbocycles. The molecule has 0 aromatic heterocycles. The Kier molecular flexibility index (Phi) is 5.29. The van der Waals surface area contributed by atoms with Crippen molar-refractivity contribution in [3.63, 3.8) is 0 Å². The van der Waals surface area contributed by atoms with E-state index >= 15 is 0 Å². The fourth-order valence-corrected chi connectivity index (χ4v) is 7.78. The standard InChI is InChI=1S/C24H30ClFO5/c1-4-20(30)31-23(19(29)13-26)10-8-16-17-6-5-14-11-15(27)7-9-21(14,2)24(17,25)18(28)12-22(16,23)3/h7,9,11,16-18,28H,4-6,8,10,12-13H2,1-3H3/t16-,17-,18-,21-,22-,23-,24-/m0/s1. The van der Waals surface area contributed by atoms with Gasteiger partial charge in [-0.1, -0.05) is 32.4 Å². The number of ether oxygens (including phenoxy) is 1. The van der Waals surface area contributed by atoms with Crippen LogP contribution >= 0.6 is 11.6 Å². The van der Waals surface area contributed by atoms with Crippen LogP contribution < -0.4 is 0 Å². The number of ketones is 2. The third kappa shape index (κ3) is 2.73. The topological polar surface area (TPSA) is 80.7 Å². The SMILES string of the molecule is CCC(=O)O[C@]1(C(=O)CF)CC[C@H]2[C@@H]3CCC4=CC(=O)C=C[C@]4(C)[C@@]3(Cl)[C@@H](O)C[C@@]21C. The van der Waals surface area contributed by atoms with E-state index in [1.807, 2.05) is 19.9 Å². The van der Waals surface area contributed by atoms with Gasteiger partial charge in [0.05, 0.1) is 11.0 Å². The second kappa shape index (κ2) is 7.24. The van der Waals surface area contributed by atoms with Crippen molar-refractivity contribution < 1.29 is 28.6 Å². The minimum atomic E-state index is -1.59. The monoisotopic (exact) mass is 452 g/mol. The Morgan fingerprint density at radius 3 is 2.65 bits per heavy atom. The number of carbonyl (C=O) groups excluding carboxylic acids is 3. The average Bonchev–Trinajstić information content (AvgIpc) is 3.01. The van der Waals surface area contributed by atoms with Gasteiger partial charge in [0.25, 0.3) is 0 Å². The molecule has 7 heteroatoms. The quantitative estimate of drug-likeness (QED) is 0.517. The van der Waals surface area contributed by atoms with E-state index in [0.717, 1.165) is 5.57 Å². The summed E-state index contributed by atoms with van der Waals surface area (Å²) in [6.07, 6.45) is 6.19. The summed E-state index contributed by atoms with van der Waals surface area (Å²) < 4.78 is 19.4. The van der Waals surface area contributed by atoms with Crippen molar-refractivity contribution in [2.75, 3.05) is 6.67 Å². The predicted molar refractivity (Wildman–Crippen MR) is 113 cm³/mol. The number of hydrogen-bond donors (Lipinski definition) is 1. The van der Waals surface area contributed by atoms with Crippen LogP contribution in [0.3, 0.4) is 0 Å². The van der Waals surface area contributed by atoms with E-state index in [1.54, 1.807) is 13.0 Å². The first-order valence-corrected chi connectivity index (χ1v) is 11.5. The molecule has 0 unspecified atom stereocenters. The normalized spacial score (nSPS) is 45.9. The lowest BCUT2D eigenvalue weighted by Gasteiger charge is -2.64. The number of alkyl halides is 2. The highest BCUT2D eigenvalue weighted by Gasteiger charge is 2.74. The van der Waals surface area contributed by atoms with Gasteiger partial charge in [0.1, 0.15) is 0 Å². The van der Waals surface area contributed by atoms with E-state index in [0.29, 0.717) is 19.3 Å². The number of esters is 1. The molecule has 7 atom stereocenters. The van der Waals surface area contributed by atoms with Crippen molar-refractivity contribution in [3.05, 3.63) is 23.8 Å². The van der Waals surface area contributed by atoms with E-state index < -0.39 is 45.8 Å². The largest absolute Gasteiger partial charge is 0.450 e. The van der Waals surface area contributed by atoms with Gasteiger partial charge in [-0.25, -0.2) is 4.39 Å². The van der Waals surface area contributed by atoms with Crippen LogP contribution in [0.2, 0.25) is 0 Å². The molecular formula is C24H30ClFO5. The van der Waals surface area contributed by atoms with Gasteiger partial charge < -0.3 is 9.84 Å². The number of fused-ring (bicyclic) bond motifs is 5. The molecule has 3 saturated carbocycles. The number of Topliss-reactive ketones (excluding diaryl/α,β-unsaturated/α-hetero) is 1. The van der Waals surface area contributed by atoms with Gasteiger partial charge >= 0.3 is 5.97 Å². The smallest absolute Gasteiger partial charge is 0.306 e. The highest BCUT2D eigenvalue weighted by molar-refractivity contribution is 6.26. The summed E-state index contributed by atoms with van der Waals surface area (Å²) in [7, 11) is 0. The molecule has 0 amide bonds. The first kappa shape index (κ1) is 22.7. The lowest BCUT2D eigenvalue weighted by Crippen LogP contribution is -2.69. The highest BCUT2D eigenvalue weighted by atomic mass is 35.5. The second-order valence-corrected chi connectivity index (χ2v) is 10.6. The number of allylic oxidation sites excluding steroid dienone is 4. The van der Waals surface area contributed by atoms with Gasteiger partial charge in [0.15, 0.2) is 18.1 Å². The Morgan fingerprint density at radius 1 is 1.29 bits per heavy atom. The molecule has 3 fully saturated rings. The summed E-state index contributed by atoms with van der Waals surface area (Å²) in [6.45, 7) is 4.21. The van der Waals surface area contributed by atoms with Gasteiger partial charge in [-0.2, -0.15) is 0 Å². The molecule has 0 radical (unpaired) electrons. The molecule has 31 heavy (non-hydrogen) atoms. The van der Waals surface area contributed by atoms with Gasteiger partial charge in [-0.15, -0.1) is 11.6 Å². The molecule has 4 aliphatic rings. The molecule has 0 saturated heterocycles. The number of rotatable bonds is 4. The number of halogens is 2. The third-order valence-corrected chi connectivity index (χ3v) is 9.83. The van der Waals surface area contributed by atoms with Crippen LogP contribution in [-0.2, 0) is 19.1 Å². The third-order valence-electron chi connectivity index (χ3n) is 8.91. The summed E-state index contributed by atoms with van der Waals surface area (Å²) in [5.74, 6) is -1.67. The summed E-state index contributed by atoms with van der Waals surface area (Å²) >= 11 is 7.34. The van der Waals surface area contributed by atoms with E-state index in [4.69, 9.17) is 16.3 Å². The van der Waals surface area contributed by atoms with Crippen LogP contribution in [0.4, 0.5) is 4.39 Å². The zero-order valence-corrected chi connectivity index (χ0v) is 19.0. The molecule has 0 spiro atoms. The van der Waals surface area contributed by atoms with Crippen LogP contribution in [0.1, 0.15) is 59.3 Å². The Hall–Kier alpha value is -1.53. The van der Waals surface area contributed by atoms with Crippen molar-refractivity contribution in [1.29, 1.82) is 0 Å². The van der Waals surface area contributed by atoms with Crippen LogP contribution in [0, 0.1) is 22.7 Å². The van der Waals surface area contributed by atoms with Gasteiger partial charge in [0.2, 0.25) is 5.78 Å². The van der Waals surface area contributed by atoms with Gasteiger partial charge in [-0.3, -0.25) is 14.4 Å². The molecule has 4 aliphatic carbocycles.